The van der Waals surface area contributed by atoms with Crippen LogP contribution < -0.4 is 5.32 Å². The molecule has 0 saturated carbocycles. The van der Waals surface area contributed by atoms with Crippen molar-refractivity contribution in [3.63, 3.8) is 0 Å². The van der Waals surface area contributed by atoms with Gasteiger partial charge in [0, 0.05) is 6.54 Å². The summed E-state index contributed by atoms with van der Waals surface area (Å²) in [5.74, 6) is 0.846. The van der Waals surface area contributed by atoms with Crippen molar-refractivity contribution < 1.29 is 0 Å². The highest BCUT2D eigenvalue weighted by Gasteiger charge is 2.01. The lowest BCUT2D eigenvalue weighted by molar-refractivity contribution is 0.450. The largest absolute Gasteiger partial charge is 0.312 e. The standard InChI is InChI=1S/C11H19NS/c1-3-10(4-2)7-12-8-11-5-6-13-9-11/h5-6,9-10,12H,3-4,7-8H2,1-2H3. The molecule has 1 aromatic rings. The van der Waals surface area contributed by atoms with Gasteiger partial charge in [0.15, 0.2) is 0 Å². The molecule has 0 aliphatic carbocycles. The molecule has 13 heavy (non-hydrogen) atoms. The summed E-state index contributed by atoms with van der Waals surface area (Å²) in [6, 6.07) is 2.19. The molecule has 0 unspecified atom stereocenters. The topological polar surface area (TPSA) is 12.0 Å². The first kappa shape index (κ1) is 10.7. The molecule has 0 spiro atoms. The third-order valence-electron chi connectivity index (χ3n) is 2.50. The van der Waals surface area contributed by atoms with Crippen molar-refractivity contribution in [1.29, 1.82) is 0 Å². The number of rotatable bonds is 6. The summed E-state index contributed by atoms with van der Waals surface area (Å²) in [5.41, 5.74) is 1.41. The molecule has 1 aromatic heterocycles. The molecule has 0 fully saturated rings. The summed E-state index contributed by atoms with van der Waals surface area (Å²) in [4.78, 5) is 0. The first-order chi connectivity index (χ1) is 6.36. The number of hydrogen-bond donors (Lipinski definition) is 1. The highest BCUT2D eigenvalue weighted by molar-refractivity contribution is 7.07. The Hall–Kier alpha value is -0.340. The van der Waals surface area contributed by atoms with Gasteiger partial charge in [-0.05, 0) is 34.9 Å². The predicted molar refractivity (Wildman–Crippen MR) is 60.1 cm³/mol. The monoisotopic (exact) mass is 197 g/mol. The van der Waals surface area contributed by atoms with Crippen molar-refractivity contribution in [1.82, 2.24) is 5.32 Å². The van der Waals surface area contributed by atoms with Gasteiger partial charge in [-0.1, -0.05) is 26.7 Å². The molecule has 1 N–H and O–H groups in total. The minimum atomic E-state index is 0.846. The van der Waals surface area contributed by atoms with Crippen molar-refractivity contribution in [2.24, 2.45) is 5.92 Å². The molecule has 0 bridgehead atoms. The average molecular weight is 197 g/mol. The van der Waals surface area contributed by atoms with Crippen molar-refractivity contribution in [3.05, 3.63) is 22.4 Å². The van der Waals surface area contributed by atoms with Crippen LogP contribution in [0.25, 0.3) is 0 Å². The Balaban J connectivity index is 2.13. The second-order valence-corrected chi connectivity index (χ2v) is 4.23. The normalized spacial score (nSPS) is 11.0. The second-order valence-electron chi connectivity index (χ2n) is 3.45. The lowest BCUT2D eigenvalue weighted by atomic mass is 10.0. The summed E-state index contributed by atoms with van der Waals surface area (Å²) in [6.07, 6.45) is 2.57. The molecular weight excluding hydrogens is 178 g/mol. The van der Waals surface area contributed by atoms with Gasteiger partial charge in [0.05, 0.1) is 0 Å². The number of thiophene rings is 1. The Labute approximate surface area is 85.2 Å². The highest BCUT2D eigenvalue weighted by Crippen LogP contribution is 2.07. The third-order valence-corrected chi connectivity index (χ3v) is 3.23. The Morgan fingerprint density at radius 1 is 1.38 bits per heavy atom. The number of nitrogens with one attached hydrogen (secondary N) is 1. The van der Waals surface area contributed by atoms with Crippen LogP contribution in [0.2, 0.25) is 0 Å². The van der Waals surface area contributed by atoms with Crippen molar-refractivity contribution in [3.8, 4) is 0 Å². The van der Waals surface area contributed by atoms with Gasteiger partial charge in [0.1, 0.15) is 0 Å². The van der Waals surface area contributed by atoms with Gasteiger partial charge in [-0.3, -0.25) is 0 Å². The van der Waals surface area contributed by atoms with Crippen LogP contribution in [0.3, 0.4) is 0 Å². The van der Waals surface area contributed by atoms with E-state index in [4.69, 9.17) is 0 Å². The van der Waals surface area contributed by atoms with Crippen LogP contribution >= 0.6 is 11.3 Å². The zero-order valence-electron chi connectivity index (χ0n) is 8.55. The lowest BCUT2D eigenvalue weighted by Gasteiger charge is -2.12. The van der Waals surface area contributed by atoms with E-state index in [1.54, 1.807) is 11.3 Å². The van der Waals surface area contributed by atoms with Gasteiger partial charge < -0.3 is 5.32 Å². The van der Waals surface area contributed by atoms with E-state index in [0.717, 1.165) is 19.0 Å². The van der Waals surface area contributed by atoms with Gasteiger partial charge in [0.2, 0.25) is 0 Å². The molecule has 0 radical (unpaired) electrons. The van der Waals surface area contributed by atoms with Gasteiger partial charge in [0.25, 0.3) is 0 Å². The first-order valence-electron chi connectivity index (χ1n) is 5.08. The SMILES string of the molecule is CCC(CC)CNCc1ccsc1. The molecule has 0 aliphatic heterocycles. The molecule has 1 heterocycles. The maximum Gasteiger partial charge on any atom is 0.0213 e. The van der Waals surface area contributed by atoms with Gasteiger partial charge in [-0.25, -0.2) is 0 Å². The fourth-order valence-corrected chi connectivity index (χ4v) is 2.06. The highest BCUT2D eigenvalue weighted by atomic mass is 32.1. The quantitative estimate of drug-likeness (QED) is 0.738. The third kappa shape index (κ3) is 3.92. The molecule has 1 rings (SSSR count). The van der Waals surface area contributed by atoms with E-state index in [9.17, 15) is 0 Å². The zero-order chi connectivity index (χ0) is 9.52. The van der Waals surface area contributed by atoms with Crippen LogP contribution in [0.1, 0.15) is 32.3 Å². The molecule has 1 nitrogen and oxygen atoms in total. The van der Waals surface area contributed by atoms with E-state index in [1.165, 1.54) is 18.4 Å². The van der Waals surface area contributed by atoms with E-state index >= 15 is 0 Å². The van der Waals surface area contributed by atoms with Crippen LogP contribution in [0.5, 0.6) is 0 Å². The van der Waals surface area contributed by atoms with E-state index in [2.05, 4.69) is 36.0 Å². The van der Waals surface area contributed by atoms with E-state index in [0.29, 0.717) is 0 Å². The fraction of sp³-hybridized carbons (Fsp3) is 0.636. The smallest absolute Gasteiger partial charge is 0.0213 e. The summed E-state index contributed by atoms with van der Waals surface area (Å²) in [6.45, 7) is 6.71. The first-order valence-corrected chi connectivity index (χ1v) is 6.02. The molecular formula is C11H19NS. The lowest BCUT2D eigenvalue weighted by Crippen LogP contribution is -2.21. The van der Waals surface area contributed by atoms with E-state index < -0.39 is 0 Å². The van der Waals surface area contributed by atoms with Gasteiger partial charge in [-0.15, -0.1) is 0 Å². The average Bonchev–Trinajstić information content (AvgIpc) is 2.65. The van der Waals surface area contributed by atoms with Crippen LogP contribution in [-0.4, -0.2) is 6.54 Å². The Morgan fingerprint density at radius 3 is 2.69 bits per heavy atom. The summed E-state index contributed by atoms with van der Waals surface area (Å²) in [5, 5.41) is 7.84. The Kier molecular flexibility index (Phi) is 5.09. The molecule has 2 heteroatoms. The van der Waals surface area contributed by atoms with E-state index in [-0.39, 0.29) is 0 Å². The molecule has 74 valence electrons. The van der Waals surface area contributed by atoms with Crippen LogP contribution in [0.4, 0.5) is 0 Å². The molecule has 0 aromatic carbocycles. The predicted octanol–water partition coefficient (Wildman–Crippen LogP) is 3.27. The maximum absolute atomic E-state index is 3.50. The van der Waals surface area contributed by atoms with E-state index in [1.807, 2.05) is 0 Å². The maximum atomic E-state index is 3.50. The summed E-state index contributed by atoms with van der Waals surface area (Å²) >= 11 is 1.77. The summed E-state index contributed by atoms with van der Waals surface area (Å²) in [7, 11) is 0. The van der Waals surface area contributed by atoms with Crippen molar-refractivity contribution in [2.45, 2.75) is 33.2 Å². The molecule has 0 amide bonds. The summed E-state index contributed by atoms with van der Waals surface area (Å²) < 4.78 is 0. The van der Waals surface area contributed by atoms with Crippen molar-refractivity contribution >= 4 is 11.3 Å². The zero-order valence-corrected chi connectivity index (χ0v) is 9.36. The minimum Gasteiger partial charge on any atom is -0.312 e. The minimum absolute atomic E-state index is 0.846. The number of hydrogen-bond acceptors (Lipinski definition) is 2. The van der Waals surface area contributed by atoms with Gasteiger partial charge in [-0.2, -0.15) is 11.3 Å². The fourth-order valence-electron chi connectivity index (χ4n) is 1.39. The van der Waals surface area contributed by atoms with Crippen LogP contribution in [0, 0.1) is 5.92 Å². The van der Waals surface area contributed by atoms with Crippen LogP contribution in [-0.2, 0) is 6.54 Å². The van der Waals surface area contributed by atoms with Crippen LogP contribution in [0.15, 0.2) is 16.8 Å². The molecule has 0 aliphatic rings. The molecule has 0 atom stereocenters. The Bertz CT molecular complexity index is 202. The van der Waals surface area contributed by atoms with Crippen molar-refractivity contribution in [2.75, 3.05) is 6.54 Å². The Morgan fingerprint density at radius 2 is 2.15 bits per heavy atom. The molecule has 0 saturated heterocycles. The van der Waals surface area contributed by atoms with Gasteiger partial charge >= 0.3 is 0 Å². The second kappa shape index (κ2) is 6.17.